The van der Waals surface area contributed by atoms with Crippen LogP contribution in [0, 0.1) is 25.2 Å². The van der Waals surface area contributed by atoms with Crippen LogP contribution in [0.4, 0.5) is 0 Å². The molecule has 1 heterocycles. The first kappa shape index (κ1) is 22.4. The van der Waals surface area contributed by atoms with Crippen LogP contribution < -0.4 is 10.1 Å². The number of pyridine rings is 1. The van der Waals surface area contributed by atoms with Gasteiger partial charge in [0, 0.05) is 19.4 Å². The van der Waals surface area contributed by atoms with E-state index in [1.54, 1.807) is 18.3 Å². The molecule has 5 heteroatoms. The van der Waals surface area contributed by atoms with Crippen molar-refractivity contribution in [1.82, 2.24) is 10.3 Å². The molecular formula is C24H33N3O2. The van der Waals surface area contributed by atoms with Crippen molar-refractivity contribution >= 4 is 5.91 Å². The zero-order valence-corrected chi connectivity index (χ0v) is 17.9. The van der Waals surface area contributed by atoms with Gasteiger partial charge in [0.25, 0.3) is 5.91 Å². The van der Waals surface area contributed by atoms with Gasteiger partial charge in [-0.25, -0.2) is 0 Å². The lowest BCUT2D eigenvalue weighted by Gasteiger charge is -2.29. The number of carbonyl (C=O) groups excluding carboxylic acids is 1. The number of hydrogen-bond acceptors (Lipinski definition) is 4. The number of nitriles is 1. The summed E-state index contributed by atoms with van der Waals surface area (Å²) in [5.41, 5.74) is 3.10. The van der Waals surface area contributed by atoms with Gasteiger partial charge in [-0.2, -0.15) is 5.26 Å². The van der Waals surface area contributed by atoms with E-state index in [1.165, 1.54) is 6.42 Å². The molecule has 0 spiro atoms. The molecule has 29 heavy (non-hydrogen) atoms. The molecule has 156 valence electrons. The average molecular weight is 396 g/mol. The molecule has 1 aromatic carbocycles. The predicted molar refractivity (Wildman–Crippen MR) is 117 cm³/mol. The molecule has 1 saturated carbocycles. The third kappa shape index (κ3) is 6.90. The van der Waals surface area contributed by atoms with Crippen molar-refractivity contribution in [2.45, 2.75) is 71.9 Å². The number of nitrogens with one attached hydrogen (secondary N) is 1. The first-order valence-electron chi connectivity index (χ1n) is 10.4. The van der Waals surface area contributed by atoms with Crippen LogP contribution in [0.3, 0.4) is 0 Å². The zero-order chi connectivity index (χ0) is 21.2. The molecule has 1 amide bonds. The van der Waals surface area contributed by atoms with Crippen molar-refractivity contribution in [2.24, 2.45) is 0 Å². The SMILES string of the molecule is CCC.Cc1ccc(C(=O)NC2CCC(Oc3ccc(C#N)c(C)c3)CC2)cn1.[HH]. The Kier molecular flexibility index (Phi) is 8.67. The summed E-state index contributed by atoms with van der Waals surface area (Å²) in [5, 5.41) is 12.1. The summed E-state index contributed by atoms with van der Waals surface area (Å²) in [4.78, 5) is 16.5. The van der Waals surface area contributed by atoms with Crippen LogP contribution in [0.15, 0.2) is 36.5 Å². The summed E-state index contributed by atoms with van der Waals surface area (Å²) in [6.07, 6.45) is 6.60. The van der Waals surface area contributed by atoms with Crippen LogP contribution in [0.25, 0.3) is 0 Å². The summed E-state index contributed by atoms with van der Waals surface area (Å²) < 4.78 is 6.05. The Bertz CT molecular complexity index is 839. The number of hydrogen-bond donors (Lipinski definition) is 1. The lowest BCUT2D eigenvalue weighted by atomic mass is 9.92. The summed E-state index contributed by atoms with van der Waals surface area (Å²) in [6, 6.07) is 11.6. The summed E-state index contributed by atoms with van der Waals surface area (Å²) >= 11 is 0. The van der Waals surface area contributed by atoms with Crippen molar-refractivity contribution < 1.29 is 11.0 Å². The maximum Gasteiger partial charge on any atom is 0.253 e. The lowest BCUT2D eigenvalue weighted by molar-refractivity contribution is 0.0893. The van der Waals surface area contributed by atoms with E-state index >= 15 is 0 Å². The van der Waals surface area contributed by atoms with Crippen LogP contribution >= 0.6 is 0 Å². The molecule has 1 aromatic heterocycles. The Labute approximate surface area is 175 Å². The van der Waals surface area contributed by atoms with Gasteiger partial charge >= 0.3 is 0 Å². The highest BCUT2D eigenvalue weighted by molar-refractivity contribution is 5.94. The molecule has 5 nitrogen and oxygen atoms in total. The fourth-order valence-electron chi connectivity index (χ4n) is 3.22. The third-order valence-electron chi connectivity index (χ3n) is 4.80. The van der Waals surface area contributed by atoms with Crippen LogP contribution in [-0.4, -0.2) is 23.0 Å². The van der Waals surface area contributed by atoms with Crippen LogP contribution in [0.5, 0.6) is 5.75 Å². The smallest absolute Gasteiger partial charge is 0.253 e. The molecule has 1 N–H and O–H groups in total. The first-order chi connectivity index (χ1) is 14.0. The van der Waals surface area contributed by atoms with Gasteiger partial charge in [-0.1, -0.05) is 20.3 Å². The maximum absolute atomic E-state index is 12.3. The molecule has 1 aliphatic carbocycles. The molecule has 1 fully saturated rings. The van der Waals surface area contributed by atoms with E-state index < -0.39 is 0 Å². The highest BCUT2D eigenvalue weighted by Crippen LogP contribution is 2.25. The lowest BCUT2D eigenvalue weighted by Crippen LogP contribution is -2.39. The number of aromatic nitrogens is 1. The number of amides is 1. The monoisotopic (exact) mass is 395 g/mol. The van der Waals surface area contributed by atoms with Gasteiger partial charge in [0.2, 0.25) is 0 Å². The number of carbonyl (C=O) groups is 1. The fourth-order valence-corrected chi connectivity index (χ4v) is 3.22. The van der Waals surface area contributed by atoms with E-state index in [9.17, 15) is 4.79 Å². The number of ether oxygens (including phenoxy) is 1. The molecule has 0 unspecified atom stereocenters. The number of nitrogens with zero attached hydrogens (tertiary/aromatic N) is 2. The van der Waals surface area contributed by atoms with E-state index in [0.717, 1.165) is 42.7 Å². The van der Waals surface area contributed by atoms with E-state index in [1.807, 2.05) is 32.0 Å². The maximum atomic E-state index is 12.3. The van der Waals surface area contributed by atoms with Crippen LogP contribution in [-0.2, 0) is 0 Å². The Morgan fingerprint density at radius 1 is 1.21 bits per heavy atom. The van der Waals surface area contributed by atoms with E-state index in [4.69, 9.17) is 10.00 Å². The zero-order valence-electron chi connectivity index (χ0n) is 17.9. The Morgan fingerprint density at radius 2 is 1.90 bits per heavy atom. The summed E-state index contributed by atoms with van der Waals surface area (Å²) in [5.74, 6) is 0.740. The molecule has 0 radical (unpaired) electrons. The average Bonchev–Trinajstić information content (AvgIpc) is 2.71. The topological polar surface area (TPSA) is 75.0 Å². The molecular weight excluding hydrogens is 362 g/mol. The van der Waals surface area contributed by atoms with E-state index in [-0.39, 0.29) is 19.5 Å². The Morgan fingerprint density at radius 3 is 2.45 bits per heavy atom. The second-order valence-electron chi connectivity index (χ2n) is 7.55. The van der Waals surface area contributed by atoms with Gasteiger partial charge < -0.3 is 10.1 Å². The summed E-state index contributed by atoms with van der Waals surface area (Å²) in [6.45, 7) is 8.07. The molecule has 0 aliphatic heterocycles. The van der Waals surface area contributed by atoms with Gasteiger partial charge in [-0.05, 0) is 75.4 Å². The molecule has 3 rings (SSSR count). The predicted octanol–water partition coefficient (Wildman–Crippen LogP) is 5.35. The number of aryl methyl sites for hydroxylation is 2. The quantitative estimate of drug-likeness (QED) is 0.757. The van der Waals surface area contributed by atoms with Gasteiger partial charge in [0.15, 0.2) is 0 Å². The van der Waals surface area contributed by atoms with Gasteiger partial charge in [-0.3, -0.25) is 9.78 Å². The minimum Gasteiger partial charge on any atom is -0.490 e. The summed E-state index contributed by atoms with van der Waals surface area (Å²) in [7, 11) is 0. The van der Waals surface area contributed by atoms with Crippen LogP contribution in [0.1, 0.15) is 74.6 Å². The Balaban J connectivity index is 0.00000106. The fraction of sp³-hybridized carbons (Fsp3) is 0.458. The van der Waals surface area contributed by atoms with Crippen molar-refractivity contribution in [3.05, 3.63) is 58.9 Å². The van der Waals surface area contributed by atoms with Crippen molar-refractivity contribution in [1.29, 1.82) is 5.26 Å². The van der Waals surface area contributed by atoms with E-state index in [0.29, 0.717) is 11.1 Å². The van der Waals surface area contributed by atoms with Crippen molar-refractivity contribution in [3.63, 3.8) is 0 Å². The minimum absolute atomic E-state index is 0. The largest absolute Gasteiger partial charge is 0.490 e. The second kappa shape index (κ2) is 11.2. The normalized spacial score (nSPS) is 18.0. The van der Waals surface area contributed by atoms with Crippen molar-refractivity contribution in [3.8, 4) is 11.8 Å². The Hall–Kier alpha value is -2.87. The molecule has 2 aromatic rings. The first-order valence-corrected chi connectivity index (χ1v) is 10.4. The standard InChI is InChI=1S/C21H23N3O2.C3H8.H2/c1-14-11-20(8-5-16(14)12-22)26-19-9-6-18(7-10-19)24-21(25)17-4-3-15(2)23-13-17;1-3-2;/h3-5,8,11,13,18-19H,6-7,9-10H2,1-2H3,(H,24,25);3H2,1-2H3;1H. The highest BCUT2D eigenvalue weighted by atomic mass is 16.5. The molecule has 0 atom stereocenters. The van der Waals surface area contributed by atoms with Crippen molar-refractivity contribution in [2.75, 3.05) is 0 Å². The number of benzene rings is 1. The molecule has 0 bridgehead atoms. The second-order valence-corrected chi connectivity index (χ2v) is 7.55. The molecule has 1 aliphatic rings. The van der Waals surface area contributed by atoms with E-state index in [2.05, 4.69) is 30.2 Å². The van der Waals surface area contributed by atoms with Gasteiger partial charge in [-0.15, -0.1) is 0 Å². The molecule has 0 saturated heterocycles. The van der Waals surface area contributed by atoms with Crippen LogP contribution in [0.2, 0.25) is 0 Å². The number of rotatable bonds is 4. The van der Waals surface area contributed by atoms with Gasteiger partial charge in [0.1, 0.15) is 5.75 Å². The van der Waals surface area contributed by atoms with Gasteiger partial charge in [0.05, 0.1) is 23.3 Å². The third-order valence-corrected chi connectivity index (χ3v) is 4.80. The minimum atomic E-state index is -0.0652. The highest BCUT2D eigenvalue weighted by Gasteiger charge is 2.24.